The molecule has 0 aliphatic rings. The quantitative estimate of drug-likeness (QED) is 0.301. The maximum absolute atomic E-state index is 12.8. The van der Waals surface area contributed by atoms with Crippen molar-refractivity contribution in [3.05, 3.63) is 82.2 Å². The van der Waals surface area contributed by atoms with Crippen molar-refractivity contribution in [1.29, 1.82) is 5.26 Å². The zero-order valence-electron chi connectivity index (χ0n) is 17.5. The van der Waals surface area contributed by atoms with E-state index in [0.717, 1.165) is 11.1 Å². The topological polar surface area (TPSA) is 79.2 Å². The van der Waals surface area contributed by atoms with Crippen molar-refractivity contribution in [2.75, 3.05) is 12.4 Å². The largest absolute Gasteiger partial charge is 0.465 e. The molecule has 0 atom stereocenters. The van der Waals surface area contributed by atoms with E-state index in [1.165, 1.54) is 30.1 Å². The van der Waals surface area contributed by atoms with Gasteiger partial charge in [0.25, 0.3) is 5.91 Å². The molecule has 0 spiro atoms. The van der Waals surface area contributed by atoms with E-state index in [4.69, 9.17) is 4.74 Å². The third-order valence-electron chi connectivity index (χ3n) is 4.77. The van der Waals surface area contributed by atoms with Crippen molar-refractivity contribution >= 4 is 34.3 Å². The van der Waals surface area contributed by atoms with Gasteiger partial charge in [0.1, 0.15) is 22.2 Å². The average molecular weight is 431 g/mol. The molecular weight excluding hydrogens is 408 g/mol. The van der Waals surface area contributed by atoms with Crippen LogP contribution in [0.5, 0.6) is 0 Å². The lowest BCUT2D eigenvalue weighted by atomic mass is 10.0. The van der Waals surface area contributed by atoms with Gasteiger partial charge in [0.05, 0.1) is 7.11 Å². The van der Waals surface area contributed by atoms with Gasteiger partial charge in [0.15, 0.2) is 0 Å². The van der Waals surface area contributed by atoms with Crippen LogP contribution in [0, 0.1) is 11.3 Å². The van der Waals surface area contributed by atoms with E-state index >= 15 is 0 Å². The number of hydrogen-bond acceptors (Lipinski definition) is 5. The van der Waals surface area contributed by atoms with Crippen molar-refractivity contribution in [2.45, 2.75) is 19.8 Å². The van der Waals surface area contributed by atoms with Crippen LogP contribution in [0.3, 0.4) is 0 Å². The number of carbonyl (C=O) groups is 2. The highest BCUT2D eigenvalue weighted by atomic mass is 32.1. The molecule has 3 aromatic rings. The molecule has 31 heavy (non-hydrogen) atoms. The van der Waals surface area contributed by atoms with Crippen molar-refractivity contribution < 1.29 is 14.3 Å². The fraction of sp³-hybridized carbons (Fsp3) is 0.160. The number of nitriles is 1. The lowest BCUT2D eigenvalue weighted by Crippen LogP contribution is -2.15. The standard InChI is InChI=1S/C25H22N2O3S/c1-16(2)18-11-9-17(10-12-18)13-20(14-26)23(28)27-24-22(25(29)30-3)21(15-31-24)19-7-5-4-6-8-19/h4-13,15-16H,1-3H3,(H,27,28)/b20-13-. The van der Waals surface area contributed by atoms with Gasteiger partial charge in [-0.1, -0.05) is 68.4 Å². The summed E-state index contributed by atoms with van der Waals surface area (Å²) in [6.45, 7) is 4.20. The van der Waals surface area contributed by atoms with Crippen LogP contribution in [-0.4, -0.2) is 19.0 Å². The summed E-state index contributed by atoms with van der Waals surface area (Å²) in [5.74, 6) is -0.740. The van der Waals surface area contributed by atoms with E-state index in [9.17, 15) is 14.9 Å². The molecule has 0 aliphatic carbocycles. The SMILES string of the molecule is COC(=O)c1c(-c2ccccc2)csc1NC(=O)/C(C#N)=C\c1ccc(C(C)C)cc1. The van der Waals surface area contributed by atoms with Gasteiger partial charge in [-0.05, 0) is 28.7 Å². The minimum absolute atomic E-state index is 0.0530. The van der Waals surface area contributed by atoms with E-state index < -0.39 is 11.9 Å². The number of methoxy groups -OCH3 is 1. The number of rotatable bonds is 6. The van der Waals surface area contributed by atoms with Gasteiger partial charge in [0, 0.05) is 10.9 Å². The van der Waals surface area contributed by atoms with Crippen LogP contribution in [-0.2, 0) is 9.53 Å². The number of nitrogens with zero attached hydrogens (tertiary/aromatic N) is 1. The number of amides is 1. The molecule has 0 saturated carbocycles. The third kappa shape index (κ3) is 5.08. The highest BCUT2D eigenvalue weighted by Gasteiger charge is 2.23. The first kappa shape index (κ1) is 22.0. The van der Waals surface area contributed by atoms with Gasteiger partial charge in [-0.15, -0.1) is 11.3 Å². The summed E-state index contributed by atoms with van der Waals surface area (Å²) >= 11 is 1.21. The van der Waals surface area contributed by atoms with Crippen LogP contribution >= 0.6 is 11.3 Å². The van der Waals surface area contributed by atoms with Crippen LogP contribution < -0.4 is 5.32 Å². The normalized spacial score (nSPS) is 11.1. The van der Waals surface area contributed by atoms with Crippen molar-refractivity contribution in [2.24, 2.45) is 0 Å². The first-order valence-corrected chi connectivity index (χ1v) is 10.6. The van der Waals surface area contributed by atoms with Gasteiger partial charge >= 0.3 is 5.97 Å². The van der Waals surface area contributed by atoms with Crippen LogP contribution in [0.25, 0.3) is 17.2 Å². The molecule has 0 fully saturated rings. The van der Waals surface area contributed by atoms with Gasteiger partial charge in [-0.25, -0.2) is 4.79 Å². The maximum Gasteiger partial charge on any atom is 0.341 e. The second-order valence-electron chi connectivity index (χ2n) is 7.16. The molecule has 6 heteroatoms. The minimum Gasteiger partial charge on any atom is -0.465 e. The van der Waals surface area contributed by atoms with Gasteiger partial charge in [-0.2, -0.15) is 5.26 Å². The van der Waals surface area contributed by atoms with Gasteiger partial charge < -0.3 is 10.1 Å². The highest BCUT2D eigenvalue weighted by Crippen LogP contribution is 2.36. The van der Waals surface area contributed by atoms with E-state index in [0.29, 0.717) is 16.5 Å². The Balaban J connectivity index is 1.90. The van der Waals surface area contributed by atoms with E-state index in [1.807, 2.05) is 60.7 Å². The Morgan fingerprint density at radius 2 is 1.77 bits per heavy atom. The molecule has 0 saturated heterocycles. The second-order valence-corrected chi connectivity index (χ2v) is 8.04. The fourth-order valence-electron chi connectivity index (χ4n) is 3.05. The van der Waals surface area contributed by atoms with Gasteiger partial charge in [0.2, 0.25) is 0 Å². The van der Waals surface area contributed by atoms with Crippen molar-refractivity contribution in [3.8, 4) is 17.2 Å². The number of carbonyl (C=O) groups excluding carboxylic acids is 2. The molecule has 0 radical (unpaired) electrons. The molecule has 0 unspecified atom stereocenters. The summed E-state index contributed by atoms with van der Waals surface area (Å²) in [5.41, 5.74) is 3.64. The predicted octanol–water partition coefficient (Wildman–Crippen LogP) is 5.87. The smallest absolute Gasteiger partial charge is 0.341 e. The van der Waals surface area contributed by atoms with Crippen LogP contribution in [0.15, 0.2) is 65.6 Å². The van der Waals surface area contributed by atoms with Gasteiger partial charge in [-0.3, -0.25) is 4.79 Å². The van der Waals surface area contributed by atoms with Crippen LogP contribution in [0.4, 0.5) is 5.00 Å². The number of esters is 1. The molecule has 1 N–H and O–H groups in total. The molecule has 3 rings (SSSR count). The molecule has 156 valence electrons. The third-order valence-corrected chi connectivity index (χ3v) is 5.67. The molecule has 2 aromatic carbocycles. The number of thiophene rings is 1. The summed E-state index contributed by atoms with van der Waals surface area (Å²) in [5, 5.41) is 14.4. The Labute approximate surface area is 185 Å². The van der Waals surface area contributed by atoms with E-state index in [1.54, 1.807) is 5.38 Å². The molecule has 1 heterocycles. The summed E-state index contributed by atoms with van der Waals surface area (Å²) < 4.78 is 4.93. The number of hydrogen-bond donors (Lipinski definition) is 1. The Hall–Kier alpha value is -3.69. The molecule has 0 bridgehead atoms. The monoisotopic (exact) mass is 430 g/mol. The second kappa shape index (κ2) is 9.88. The maximum atomic E-state index is 12.8. The number of ether oxygens (including phenoxy) is 1. The Morgan fingerprint density at radius 3 is 2.35 bits per heavy atom. The lowest BCUT2D eigenvalue weighted by Gasteiger charge is -2.08. The highest BCUT2D eigenvalue weighted by molar-refractivity contribution is 7.15. The predicted molar refractivity (Wildman–Crippen MR) is 124 cm³/mol. The van der Waals surface area contributed by atoms with E-state index in [2.05, 4.69) is 19.2 Å². The number of nitrogens with one attached hydrogen (secondary N) is 1. The summed E-state index contributed by atoms with van der Waals surface area (Å²) in [6.07, 6.45) is 1.53. The lowest BCUT2D eigenvalue weighted by molar-refractivity contribution is -0.112. The first-order valence-electron chi connectivity index (χ1n) is 9.73. The Bertz CT molecular complexity index is 1150. The Morgan fingerprint density at radius 1 is 1.10 bits per heavy atom. The molecular formula is C25H22N2O3S. The minimum atomic E-state index is -0.581. The Kier molecular flexibility index (Phi) is 7.01. The first-order chi connectivity index (χ1) is 14.9. The zero-order chi connectivity index (χ0) is 22.4. The van der Waals surface area contributed by atoms with Crippen LogP contribution in [0.2, 0.25) is 0 Å². The summed E-state index contributed by atoms with van der Waals surface area (Å²) in [6, 6.07) is 19.0. The van der Waals surface area contributed by atoms with Crippen molar-refractivity contribution in [3.63, 3.8) is 0 Å². The average Bonchev–Trinajstić information content (AvgIpc) is 3.21. The fourth-order valence-corrected chi connectivity index (χ4v) is 4.00. The molecule has 0 aliphatic heterocycles. The molecule has 1 amide bonds. The zero-order valence-corrected chi connectivity index (χ0v) is 18.3. The number of anilines is 1. The van der Waals surface area contributed by atoms with E-state index in [-0.39, 0.29) is 11.1 Å². The summed E-state index contributed by atoms with van der Waals surface area (Å²) in [4.78, 5) is 25.2. The molecule has 5 nitrogen and oxygen atoms in total. The summed E-state index contributed by atoms with van der Waals surface area (Å²) in [7, 11) is 1.29. The molecule has 1 aromatic heterocycles. The van der Waals surface area contributed by atoms with Crippen molar-refractivity contribution in [1.82, 2.24) is 0 Å². The number of benzene rings is 2. The van der Waals surface area contributed by atoms with Crippen LogP contribution in [0.1, 0.15) is 41.3 Å².